The molecule has 0 aromatic heterocycles. The van der Waals surface area contributed by atoms with E-state index in [0.29, 0.717) is 150 Å². The summed E-state index contributed by atoms with van der Waals surface area (Å²) < 4.78 is 64.6. The third kappa shape index (κ3) is 28.8. The molecule has 0 aliphatic carbocycles. The zero-order valence-corrected chi connectivity index (χ0v) is 26.5. The van der Waals surface area contributed by atoms with E-state index < -0.39 is 5.97 Å². The minimum atomic E-state index is -0.461. The summed E-state index contributed by atoms with van der Waals surface area (Å²) in [5.74, 6) is 0.204. The van der Waals surface area contributed by atoms with E-state index in [9.17, 15) is 4.79 Å². The Labute approximate surface area is 267 Å². The number of carbonyl (C=O) groups excluding carboxylic acids is 1. The maximum Gasteiger partial charge on any atom is 0.330 e. The van der Waals surface area contributed by atoms with Gasteiger partial charge in [-0.2, -0.15) is 0 Å². The lowest BCUT2D eigenvalue weighted by Crippen LogP contribution is -2.15. The molecule has 0 heterocycles. The van der Waals surface area contributed by atoms with Crippen LogP contribution in [0.25, 0.3) is 0 Å². The van der Waals surface area contributed by atoms with E-state index in [-0.39, 0.29) is 6.61 Å². The summed E-state index contributed by atoms with van der Waals surface area (Å²) in [6.45, 7) is 13.4. The van der Waals surface area contributed by atoms with Crippen LogP contribution in [0.15, 0.2) is 36.9 Å². The van der Waals surface area contributed by atoms with E-state index >= 15 is 0 Å². The molecule has 0 atom stereocenters. The van der Waals surface area contributed by atoms with Crippen molar-refractivity contribution in [3.8, 4) is 5.75 Å². The van der Waals surface area contributed by atoms with Crippen molar-refractivity contribution in [2.75, 3.05) is 151 Å². The van der Waals surface area contributed by atoms with Gasteiger partial charge in [-0.1, -0.05) is 18.7 Å². The first-order valence-electron chi connectivity index (χ1n) is 15.3. The number of nitrogens with two attached hydrogens (primary N) is 1. The molecule has 14 heteroatoms. The zero-order chi connectivity index (χ0) is 32.3. The van der Waals surface area contributed by atoms with Gasteiger partial charge in [-0.05, 0) is 12.1 Å². The molecule has 0 aliphatic heterocycles. The second-order valence-electron chi connectivity index (χ2n) is 8.88. The van der Waals surface area contributed by atoms with Crippen LogP contribution in [0.2, 0.25) is 0 Å². The molecule has 0 radical (unpaired) electrons. The molecule has 1 rings (SSSR count). The number of nitrogen functional groups attached to an aromatic ring is 1. The highest BCUT2D eigenvalue weighted by Gasteiger charge is 1.99. The van der Waals surface area contributed by atoms with Gasteiger partial charge in [0.2, 0.25) is 0 Å². The van der Waals surface area contributed by atoms with E-state index in [4.69, 9.17) is 62.6 Å². The Balaban J connectivity index is 1.64. The van der Waals surface area contributed by atoms with Crippen molar-refractivity contribution < 1.29 is 61.6 Å². The lowest BCUT2D eigenvalue weighted by atomic mass is 10.3. The average Bonchev–Trinajstić information content (AvgIpc) is 3.05. The topological polar surface area (TPSA) is 154 Å². The minimum absolute atomic E-state index is 0.196. The van der Waals surface area contributed by atoms with Crippen molar-refractivity contribution in [3.63, 3.8) is 0 Å². The summed E-state index contributed by atoms with van der Waals surface area (Å²) in [6.07, 6.45) is 1.11. The lowest BCUT2D eigenvalue weighted by molar-refractivity contribution is -0.139. The van der Waals surface area contributed by atoms with E-state index in [2.05, 4.69) is 6.58 Å². The van der Waals surface area contributed by atoms with E-state index in [1.807, 2.05) is 18.2 Å². The van der Waals surface area contributed by atoms with E-state index in [1.165, 1.54) is 0 Å². The summed E-state index contributed by atoms with van der Waals surface area (Å²) in [6, 6.07) is 7.36. The standard InChI is InChI=1S/C31H53NO13/c1-2-31(33)45-28-26-43-24-22-41-20-18-39-16-14-37-12-10-35-8-7-34-9-11-36-13-15-38-17-19-40-21-23-42-25-27-44-30-6-4-3-5-29(30)32/h2-6H,1,7-28,32H2. The molecule has 14 nitrogen and oxygen atoms in total. The van der Waals surface area contributed by atoms with Gasteiger partial charge in [0.15, 0.2) is 0 Å². The van der Waals surface area contributed by atoms with E-state index in [0.717, 1.165) is 6.08 Å². The van der Waals surface area contributed by atoms with Crippen LogP contribution in [0.3, 0.4) is 0 Å². The summed E-state index contributed by atoms with van der Waals surface area (Å²) in [5, 5.41) is 0. The van der Waals surface area contributed by atoms with Crippen LogP contribution in [0.1, 0.15) is 0 Å². The van der Waals surface area contributed by atoms with Crippen LogP contribution in [0, 0.1) is 0 Å². The predicted molar refractivity (Wildman–Crippen MR) is 166 cm³/mol. The molecule has 260 valence electrons. The second kappa shape index (κ2) is 33.0. The van der Waals surface area contributed by atoms with Gasteiger partial charge in [-0.25, -0.2) is 4.79 Å². The number of para-hydroxylation sites is 2. The minimum Gasteiger partial charge on any atom is -0.489 e. The fourth-order valence-electron chi connectivity index (χ4n) is 3.16. The Bertz CT molecular complexity index is 803. The van der Waals surface area contributed by atoms with Gasteiger partial charge in [-0.3, -0.25) is 0 Å². The molecule has 0 amide bonds. The second-order valence-corrected chi connectivity index (χ2v) is 8.88. The van der Waals surface area contributed by atoms with Crippen LogP contribution < -0.4 is 10.5 Å². The van der Waals surface area contributed by atoms with Crippen molar-refractivity contribution in [2.24, 2.45) is 0 Å². The first-order valence-corrected chi connectivity index (χ1v) is 15.3. The third-order valence-corrected chi connectivity index (χ3v) is 5.39. The van der Waals surface area contributed by atoms with Crippen LogP contribution in [0.4, 0.5) is 5.69 Å². The molecule has 0 saturated heterocycles. The van der Waals surface area contributed by atoms with Crippen molar-refractivity contribution in [3.05, 3.63) is 36.9 Å². The summed E-state index contributed by atoms with van der Waals surface area (Å²) >= 11 is 0. The van der Waals surface area contributed by atoms with Crippen LogP contribution in [-0.2, 0) is 56.9 Å². The first kappa shape index (κ1) is 40.7. The summed E-state index contributed by atoms with van der Waals surface area (Å²) in [4.78, 5) is 10.8. The van der Waals surface area contributed by atoms with Crippen molar-refractivity contribution in [1.29, 1.82) is 0 Å². The van der Waals surface area contributed by atoms with Gasteiger partial charge in [-0.15, -0.1) is 0 Å². The van der Waals surface area contributed by atoms with Crippen LogP contribution in [0.5, 0.6) is 5.75 Å². The fourth-order valence-corrected chi connectivity index (χ4v) is 3.16. The predicted octanol–water partition coefficient (Wildman–Crippen LogP) is 1.54. The number of rotatable bonds is 35. The average molecular weight is 648 g/mol. The smallest absolute Gasteiger partial charge is 0.330 e. The maximum absolute atomic E-state index is 10.8. The van der Waals surface area contributed by atoms with Crippen LogP contribution in [-0.4, -0.2) is 151 Å². The Kier molecular flexibility index (Phi) is 29.8. The maximum atomic E-state index is 10.8. The number of esters is 1. The SMILES string of the molecule is C=CC(=O)OCCOCCOCCOCCOCCOCCOCCOCCOCCOCCOCCOc1ccccc1N. The number of benzene rings is 1. The van der Waals surface area contributed by atoms with Gasteiger partial charge >= 0.3 is 5.97 Å². The molecular formula is C31H53NO13. The van der Waals surface area contributed by atoms with Crippen molar-refractivity contribution in [1.82, 2.24) is 0 Å². The molecule has 0 fully saturated rings. The molecule has 1 aromatic carbocycles. The zero-order valence-electron chi connectivity index (χ0n) is 26.5. The summed E-state index contributed by atoms with van der Waals surface area (Å²) in [5.41, 5.74) is 6.43. The number of ether oxygens (including phenoxy) is 12. The van der Waals surface area contributed by atoms with Gasteiger partial charge < -0.3 is 62.6 Å². The quantitative estimate of drug-likeness (QED) is 0.0490. The molecule has 0 saturated carbocycles. The molecule has 2 N–H and O–H groups in total. The Morgan fingerprint density at radius 3 is 1.09 bits per heavy atom. The lowest BCUT2D eigenvalue weighted by Gasteiger charge is -2.09. The third-order valence-electron chi connectivity index (χ3n) is 5.39. The molecule has 0 spiro atoms. The molecule has 0 unspecified atom stereocenters. The largest absolute Gasteiger partial charge is 0.489 e. The Morgan fingerprint density at radius 2 is 0.778 bits per heavy atom. The van der Waals surface area contributed by atoms with Gasteiger partial charge in [0.25, 0.3) is 0 Å². The molecule has 0 bridgehead atoms. The number of carbonyl (C=O) groups is 1. The highest BCUT2D eigenvalue weighted by atomic mass is 16.6. The van der Waals surface area contributed by atoms with E-state index in [1.54, 1.807) is 6.07 Å². The molecule has 45 heavy (non-hydrogen) atoms. The highest BCUT2D eigenvalue weighted by molar-refractivity contribution is 5.81. The fraction of sp³-hybridized carbons (Fsp3) is 0.710. The highest BCUT2D eigenvalue weighted by Crippen LogP contribution is 2.19. The van der Waals surface area contributed by atoms with Gasteiger partial charge in [0.1, 0.15) is 19.0 Å². The first-order chi connectivity index (χ1) is 22.2. The van der Waals surface area contributed by atoms with Gasteiger partial charge in [0.05, 0.1) is 138 Å². The number of hydrogen-bond donors (Lipinski definition) is 1. The number of hydrogen-bond acceptors (Lipinski definition) is 14. The van der Waals surface area contributed by atoms with Gasteiger partial charge in [0, 0.05) is 6.08 Å². The monoisotopic (exact) mass is 647 g/mol. The van der Waals surface area contributed by atoms with Crippen molar-refractivity contribution >= 4 is 11.7 Å². The van der Waals surface area contributed by atoms with Crippen molar-refractivity contribution in [2.45, 2.75) is 0 Å². The molecule has 1 aromatic rings. The summed E-state index contributed by atoms with van der Waals surface area (Å²) in [7, 11) is 0. The normalized spacial score (nSPS) is 11.1. The molecular weight excluding hydrogens is 594 g/mol. The molecule has 0 aliphatic rings. The van der Waals surface area contributed by atoms with Crippen LogP contribution >= 0.6 is 0 Å². The number of anilines is 1. The Morgan fingerprint density at radius 1 is 0.489 bits per heavy atom. The Hall–Kier alpha value is -2.37.